The molecule has 0 aliphatic heterocycles. The Labute approximate surface area is 118 Å². The highest BCUT2D eigenvalue weighted by atomic mass is 16.4. The van der Waals surface area contributed by atoms with Gasteiger partial charge in [-0.3, -0.25) is 0 Å². The first-order valence-electron chi connectivity index (χ1n) is 6.45. The van der Waals surface area contributed by atoms with Gasteiger partial charge in [-0.2, -0.15) is 5.10 Å². The highest BCUT2D eigenvalue weighted by Gasteiger charge is 2.11. The summed E-state index contributed by atoms with van der Waals surface area (Å²) < 4.78 is 1.87. The quantitative estimate of drug-likeness (QED) is 0.871. The molecule has 1 aromatic heterocycles. The van der Waals surface area contributed by atoms with Crippen molar-refractivity contribution in [2.45, 2.75) is 27.7 Å². The lowest BCUT2D eigenvalue weighted by Gasteiger charge is -2.09. The SMILES string of the molecule is Cc1ccc(-n2nc(C)c(C)c2C)c(/C=C/C(=O)O)c1. The molecular formula is C16H18N2O2. The molecule has 0 spiro atoms. The Balaban J connectivity index is 2.61. The van der Waals surface area contributed by atoms with Crippen LogP contribution in [-0.4, -0.2) is 20.9 Å². The van der Waals surface area contributed by atoms with Crippen LogP contribution in [0, 0.1) is 27.7 Å². The van der Waals surface area contributed by atoms with Crippen molar-refractivity contribution in [2.75, 3.05) is 0 Å². The fourth-order valence-electron chi connectivity index (χ4n) is 2.12. The van der Waals surface area contributed by atoms with Crippen LogP contribution >= 0.6 is 0 Å². The van der Waals surface area contributed by atoms with Crippen molar-refractivity contribution in [3.05, 3.63) is 52.4 Å². The van der Waals surface area contributed by atoms with Gasteiger partial charge in [0.15, 0.2) is 0 Å². The number of rotatable bonds is 3. The second-order valence-corrected chi connectivity index (χ2v) is 4.94. The highest BCUT2D eigenvalue weighted by Crippen LogP contribution is 2.22. The van der Waals surface area contributed by atoms with E-state index in [1.807, 2.05) is 50.6 Å². The number of carboxylic acids is 1. The van der Waals surface area contributed by atoms with Crippen molar-refractivity contribution < 1.29 is 9.90 Å². The zero-order chi connectivity index (χ0) is 14.9. The number of benzene rings is 1. The van der Waals surface area contributed by atoms with E-state index < -0.39 is 5.97 Å². The maximum atomic E-state index is 10.7. The maximum absolute atomic E-state index is 10.7. The lowest BCUT2D eigenvalue weighted by Crippen LogP contribution is -2.02. The van der Waals surface area contributed by atoms with Gasteiger partial charge in [0, 0.05) is 17.3 Å². The molecular weight excluding hydrogens is 252 g/mol. The topological polar surface area (TPSA) is 55.1 Å². The van der Waals surface area contributed by atoms with Crippen LogP contribution in [0.1, 0.15) is 28.1 Å². The summed E-state index contributed by atoms with van der Waals surface area (Å²) in [5, 5.41) is 13.3. The van der Waals surface area contributed by atoms with Gasteiger partial charge in [-0.15, -0.1) is 0 Å². The smallest absolute Gasteiger partial charge is 0.328 e. The molecule has 104 valence electrons. The van der Waals surface area contributed by atoms with Crippen LogP contribution in [0.25, 0.3) is 11.8 Å². The number of hydrogen-bond donors (Lipinski definition) is 1. The predicted octanol–water partition coefficient (Wildman–Crippen LogP) is 3.20. The Morgan fingerprint density at radius 3 is 2.50 bits per heavy atom. The molecule has 0 amide bonds. The standard InChI is InChI=1S/C16H18N2O2/c1-10-5-7-15(14(9-10)6-8-16(19)20)18-13(4)11(2)12(3)17-18/h5-9H,1-4H3,(H,19,20)/b8-6+. The third-order valence-electron chi connectivity index (χ3n) is 3.47. The van der Waals surface area contributed by atoms with Crippen LogP contribution in [0.4, 0.5) is 0 Å². The molecule has 1 N–H and O–H groups in total. The van der Waals surface area contributed by atoms with E-state index in [-0.39, 0.29) is 0 Å². The van der Waals surface area contributed by atoms with Crippen molar-refractivity contribution in [2.24, 2.45) is 0 Å². The minimum Gasteiger partial charge on any atom is -0.478 e. The number of nitrogens with zero attached hydrogens (tertiary/aromatic N) is 2. The van der Waals surface area contributed by atoms with E-state index in [0.717, 1.165) is 39.8 Å². The monoisotopic (exact) mass is 270 g/mol. The summed E-state index contributed by atoms with van der Waals surface area (Å²) in [6, 6.07) is 5.93. The molecule has 0 radical (unpaired) electrons. The molecule has 0 saturated carbocycles. The van der Waals surface area contributed by atoms with Crippen molar-refractivity contribution in [3.63, 3.8) is 0 Å². The van der Waals surface area contributed by atoms with Gasteiger partial charge in [0.25, 0.3) is 0 Å². The second kappa shape index (κ2) is 5.33. The molecule has 0 fully saturated rings. The minimum atomic E-state index is -0.956. The molecule has 0 aliphatic carbocycles. The average Bonchev–Trinajstić information content (AvgIpc) is 2.64. The molecule has 1 aromatic carbocycles. The van der Waals surface area contributed by atoms with Gasteiger partial charge < -0.3 is 5.11 Å². The van der Waals surface area contributed by atoms with Gasteiger partial charge in [-0.05, 0) is 51.5 Å². The van der Waals surface area contributed by atoms with E-state index in [0.29, 0.717) is 0 Å². The van der Waals surface area contributed by atoms with Gasteiger partial charge in [0.1, 0.15) is 0 Å². The van der Waals surface area contributed by atoms with E-state index in [1.54, 1.807) is 6.08 Å². The number of carbonyl (C=O) groups is 1. The summed E-state index contributed by atoms with van der Waals surface area (Å²) in [5.41, 5.74) is 6.02. The van der Waals surface area contributed by atoms with Crippen molar-refractivity contribution in [1.29, 1.82) is 0 Å². The molecule has 4 heteroatoms. The van der Waals surface area contributed by atoms with Gasteiger partial charge >= 0.3 is 5.97 Å². The van der Waals surface area contributed by atoms with Crippen molar-refractivity contribution in [3.8, 4) is 5.69 Å². The largest absolute Gasteiger partial charge is 0.478 e. The third kappa shape index (κ3) is 2.64. The average molecular weight is 270 g/mol. The Morgan fingerprint density at radius 2 is 1.95 bits per heavy atom. The first kappa shape index (κ1) is 14.1. The highest BCUT2D eigenvalue weighted by molar-refractivity contribution is 5.86. The van der Waals surface area contributed by atoms with E-state index in [1.165, 1.54) is 0 Å². The lowest BCUT2D eigenvalue weighted by atomic mass is 10.1. The molecule has 0 bridgehead atoms. The summed E-state index contributed by atoms with van der Waals surface area (Å²) in [4.78, 5) is 10.7. The van der Waals surface area contributed by atoms with Gasteiger partial charge in [-0.1, -0.05) is 11.6 Å². The number of carboxylic acid groups (broad SMARTS) is 1. The molecule has 0 saturated heterocycles. The first-order chi connectivity index (χ1) is 9.40. The van der Waals surface area contributed by atoms with Gasteiger partial charge in [-0.25, -0.2) is 9.48 Å². The summed E-state index contributed by atoms with van der Waals surface area (Å²) in [6.45, 7) is 8.00. The van der Waals surface area contributed by atoms with Crippen molar-refractivity contribution >= 4 is 12.0 Å². The maximum Gasteiger partial charge on any atom is 0.328 e. The molecule has 2 aromatic rings. The van der Waals surface area contributed by atoms with Crippen LogP contribution in [0.2, 0.25) is 0 Å². The van der Waals surface area contributed by atoms with Gasteiger partial charge in [0.05, 0.1) is 11.4 Å². The van der Waals surface area contributed by atoms with Crippen LogP contribution < -0.4 is 0 Å². The summed E-state index contributed by atoms with van der Waals surface area (Å²) in [5.74, 6) is -0.956. The zero-order valence-corrected chi connectivity index (χ0v) is 12.1. The second-order valence-electron chi connectivity index (χ2n) is 4.94. The summed E-state index contributed by atoms with van der Waals surface area (Å²) in [7, 11) is 0. The molecule has 20 heavy (non-hydrogen) atoms. The molecule has 0 unspecified atom stereocenters. The molecule has 2 rings (SSSR count). The first-order valence-corrected chi connectivity index (χ1v) is 6.45. The van der Waals surface area contributed by atoms with E-state index in [4.69, 9.17) is 5.11 Å². The number of aliphatic carboxylic acids is 1. The number of aryl methyl sites for hydroxylation is 2. The summed E-state index contributed by atoms with van der Waals surface area (Å²) >= 11 is 0. The van der Waals surface area contributed by atoms with Gasteiger partial charge in [0.2, 0.25) is 0 Å². The predicted molar refractivity (Wildman–Crippen MR) is 79.2 cm³/mol. The van der Waals surface area contributed by atoms with Crippen LogP contribution in [-0.2, 0) is 4.79 Å². The lowest BCUT2D eigenvalue weighted by molar-refractivity contribution is -0.131. The van der Waals surface area contributed by atoms with E-state index in [9.17, 15) is 4.79 Å². The molecule has 0 aliphatic rings. The third-order valence-corrected chi connectivity index (χ3v) is 3.47. The normalized spacial score (nSPS) is 11.2. The van der Waals surface area contributed by atoms with E-state index in [2.05, 4.69) is 5.10 Å². The Bertz CT molecular complexity index is 697. The Kier molecular flexibility index (Phi) is 3.74. The van der Waals surface area contributed by atoms with Crippen LogP contribution in [0.15, 0.2) is 24.3 Å². The number of hydrogen-bond acceptors (Lipinski definition) is 2. The Morgan fingerprint density at radius 1 is 1.25 bits per heavy atom. The van der Waals surface area contributed by atoms with Crippen LogP contribution in [0.3, 0.4) is 0 Å². The fraction of sp³-hybridized carbons (Fsp3) is 0.250. The fourth-order valence-corrected chi connectivity index (χ4v) is 2.12. The minimum absolute atomic E-state index is 0.845. The molecule has 4 nitrogen and oxygen atoms in total. The van der Waals surface area contributed by atoms with E-state index >= 15 is 0 Å². The number of aromatic nitrogens is 2. The zero-order valence-electron chi connectivity index (χ0n) is 12.1. The van der Waals surface area contributed by atoms with Crippen molar-refractivity contribution in [1.82, 2.24) is 9.78 Å². The summed E-state index contributed by atoms with van der Waals surface area (Å²) in [6.07, 6.45) is 2.76. The molecule has 1 heterocycles. The van der Waals surface area contributed by atoms with Crippen LogP contribution in [0.5, 0.6) is 0 Å². The molecule has 0 atom stereocenters. The Hall–Kier alpha value is -2.36.